The van der Waals surface area contributed by atoms with Crippen molar-refractivity contribution in [3.8, 4) is 33.5 Å². The molecule has 0 bridgehead atoms. The van der Waals surface area contributed by atoms with Crippen LogP contribution in [0, 0.1) is 17.9 Å². The number of thiazole rings is 1. The molecule has 0 atom stereocenters. The molecule has 0 aliphatic carbocycles. The van der Waals surface area contributed by atoms with Gasteiger partial charge in [0.2, 0.25) is 5.69 Å². The lowest BCUT2D eigenvalue weighted by molar-refractivity contribution is 0.201. The molecule has 0 fully saturated rings. The van der Waals surface area contributed by atoms with E-state index >= 15 is 0 Å². The molecule has 35 heavy (non-hydrogen) atoms. The molecule has 0 aliphatic heterocycles. The Labute approximate surface area is 220 Å². The molecule has 4 aromatic rings. The van der Waals surface area contributed by atoms with Gasteiger partial charge in [-0.25, -0.2) is 14.8 Å². The van der Waals surface area contributed by atoms with E-state index < -0.39 is 0 Å². The van der Waals surface area contributed by atoms with E-state index in [4.69, 9.17) is 39.6 Å². The van der Waals surface area contributed by atoms with E-state index in [9.17, 15) is 5.26 Å². The van der Waals surface area contributed by atoms with Gasteiger partial charge < -0.3 is 9.84 Å². The van der Waals surface area contributed by atoms with Gasteiger partial charge in [0.1, 0.15) is 33.6 Å². The molecule has 6 nitrogen and oxygen atoms in total. The molecule has 10 heteroatoms. The van der Waals surface area contributed by atoms with Gasteiger partial charge in [-0.05, 0) is 29.8 Å². The second-order valence-electron chi connectivity index (χ2n) is 7.05. The quantitative estimate of drug-likeness (QED) is 0.144. The minimum Gasteiger partial charge on any atom is -0.491 e. The van der Waals surface area contributed by atoms with E-state index in [0.29, 0.717) is 32.7 Å². The molecule has 0 radical (unpaired) electrons. The average Bonchev–Trinajstić information content (AvgIpc) is 3.35. The second-order valence-corrected chi connectivity index (χ2v) is 9.93. The summed E-state index contributed by atoms with van der Waals surface area (Å²) in [6.07, 6.45) is 1.80. The number of nitriles is 1. The number of aromatic nitrogens is 2. The third-order valence-electron chi connectivity index (χ3n) is 4.82. The third kappa shape index (κ3) is 5.76. The highest BCUT2D eigenvalue weighted by Crippen LogP contribution is 2.43. The molecule has 0 saturated heterocycles. The molecular weight excluding hydrogens is 523 g/mol. The van der Waals surface area contributed by atoms with Crippen molar-refractivity contribution in [2.45, 2.75) is 10.8 Å². The number of hydrogen-bond donors (Lipinski definition) is 1. The highest BCUT2D eigenvalue weighted by Gasteiger charge is 2.21. The molecule has 2 heterocycles. The van der Waals surface area contributed by atoms with Gasteiger partial charge in [-0.1, -0.05) is 59.2 Å². The molecule has 2 aromatic carbocycles. The molecule has 0 saturated carbocycles. The summed E-state index contributed by atoms with van der Waals surface area (Å²) < 4.78 is 5.40. The van der Waals surface area contributed by atoms with Gasteiger partial charge in [0.25, 0.3) is 0 Å². The fourth-order valence-corrected chi connectivity index (χ4v) is 5.56. The summed E-state index contributed by atoms with van der Waals surface area (Å²) >= 11 is 15.3. The number of hydrogen-bond acceptors (Lipinski definition) is 7. The van der Waals surface area contributed by atoms with Crippen LogP contribution in [0.2, 0.25) is 10.2 Å². The lowest BCUT2D eigenvalue weighted by Gasteiger charge is -2.13. The predicted octanol–water partition coefficient (Wildman–Crippen LogP) is 7.26. The predicted molar refractivity (Wildman–Crippen MR) is 140 cm³/mol. The lowest BCUT2D eigenvalue weighted by atomic mass is 10.0. The SMILES string of the molecule is [C-]#[N+]c1c(Cl)nc(SCc2cnc(-c3ccc(Cl)cc3)s2)c(C#N)c1-c1ccc(OCCO)cc1. The summed E-state index contributed by atoms with van der Waals surface area (Å²) in [4.78, 5) is 13.4. The molecule has 0 aliphatic rings. The number of aliphatic hydroxyl groups excluding tert-OH is 1. The summed E-state index contributed by atoms with van der Waals surface area (Å²) in [5.41, 5.74) is 2.48. The molecule has 0 amide bonds. The fraction of sp³-hybridized carbons (Fsp3) is 0.120. The second kappa shape index (κ2) is 11.5. The van der Waals surface area contributed by atoms with Gasteiger partial charge in [0.15, 0.2) is 0 Å². The summed E-state index contributed by atoms with van der Waals surface area (Å²) in [5, 5.41) is 21.0. The van der Waals surface area contributed by atoms with Crippen molar-refractivity contribution in [2.75, 3.05) is 13.2 Å². The number of thioether (sulfide) groups is 1. The fourth-order valence-electron chi connectivity index (χ4n) is 3.24. The van der Waals surface area contributed by atoms with Crippen LogP contribution >= 0.6 is 46.3 Å². The number of halogens is 2. The molecular formula is C25H16Cl2N4O2S2. The lowest BCUT2D eigenvalue weighted by Crippen LogP contribution is -2.01. The zero-order valence-electron chi connectivity index (χ0n) is 18.0. The van der Waals surface area contributed by atoms with E-state index in [0.717, 1.165) is 15.4 Å². The van der Waals surface area contributed by atoms with Crippen molar-refractivity contribution in [1.29, 1.82) is 5.26 Å². The van der Waals surface area contributed by atoms with Crippen LogP contribution in [0.25, 0.3) is 26.5 Å². The Kier molecular flexibility index (Phi) is 8.25. The standard InChI is InChI=1S/C25H16Cl2N4O2S2/c1-29-22-21(15-4-8-18(9-5-15)33-11-10-32)20(12-28)25(31-23(22)27)34-14-19-13-30-24(35-19)16-2-6-17(26)7-3-16/h2-9,13,32H,10-11,14H2. The van der Waals surface area contributed by atoms with Crippen molar-refractivity contribution in [2.24, 2.45) is 0 Å². The number of benzene rings is 2. The zero-order chi connectivity index (χ0) is 24.8. The molecule has 0 unspecified atom stereocenters. The van der Waals surface area contributed by atoms with E-state index in [1.165, 1.54) is 11.8 Å². The highest BCUT2D eigenvalue weighted by atomic mass is 35.5. The Morgan fingerprint density at radius 1 is 1.11 bits per heavy atom. The minimum absolute atomic E-state index is 0.0447. The van der Waals surface area contributed by atoms with Crippen LogP contribution in [0.1, 0.15) is 10.4 Å². The van der Waals surface area contributed by atoms with Crippen LogP contribution in [0.3, 0.4) is 0 Å². The molecule has 2 aromatic heterocycles. The third-order valence-corrected chi connectivity index (χ3v) is 7.59. The normalized spacial score (nSPS) is 10.5. The number of aliphatic hydroxyl groups is 1. The van der Waals surface area contributed by atoms with Crippen LogP contribution in [0.15, 0.2) is 59.8 Å². The maximum Gasteiger partial charge on any atom is 0.232 e. The van der Waals surface area contributed by atoms with Crippen LogP contribution < -0.4 is 4.74 Å². The molecule has 0 spiro atoms. The van der Waals surface area contributed by atoms with E-state index in [1.54, 1.807) is 41.8 Å². The monoisotopic (exact) mass is 538 g/mol. The van der Waals surface area contributed by atoms with Gasteiger partial charge in [0, 0.05) is 33.0 Å². The first-order chi connectivity index (χ1) is 17.0. The molecule has 174 valence electrons. The number of pyridine rings is 1. The Bertz CT molecular complexity index is 1430. The minimum atomic E-state index is -0.0935. The average molecular weight is 539 g/mol. The number of rotatable bonds is 8. The van der Waals surface area contributed by atoms with Gasteiger partial charge in [-0.2, -0.15) is 5.26 Å². The van der Waals surface area contributed by atoms with Crippen molar-refractivity contribution in [1.82, 2.24) is 9.97 Å². The first kappa shape index (κ1) is 25.0. The van der Waals surface area contributed by atoms with E-state index in [2.05, 4.69) is 20.9 Å². The van der Waals surface area contributed by atoms with Crippen LogP contribution in [0.5, 0.6) is 5.75 Å². The Hall–Kier alpha value is -3.11. The zero-order valence-corrected chi connectivity index (χ0v) is 21.2. The summed E-state index contributed by atoms with van der Waals surface area (Å²) in [5.74, 6) is 1.11. The van der Waals surface area contributed by atoms with Gasteiger partial charge in [-0.15, -0.1) is 11.3 Å². The van der Waals surface area contributed by atoms with Crippen molar-refractivity contribution >= 4 is 52.0 Å². The van der Waals surface area contributed by atoms with Crippen molar-refractivity contribution in [3.05, 3.63) is 86.8 Å². The van der Waals surface area contributed by atoms with Crippen LogP contribution in [-0.4, -0.2) is 28.3 Å². The van der Waals surface area contributed by atoms with E-state index in [-0.39, 0.29) is 29.6 Å². The van der Waals surface area contributed by atoms with E-state index in [1.807, 2.05) is 24.3 Å². The maximum atomic E-state index is 9.99. The first-order valence-corrected chi connectivity index (χ1v) is 12.8. The van der Waals surface area contributed by atoms with Gasteiger partial charge >= 0.3 is 0 Å². The van der Waals surface area contributed by atoms with Crippen LogP contribution in [0.4, 0.5) is 5.69 Å². The Morgan fingerprint density at radius 2 is 1.83 bits per heavy atom. The summed E-state index contributed by atoms with van der Waals surface area (Å²) in [6.45, 7) is 7.68. The summed E-state index contributed by atoms with van der Waals surface area (Å²) in [6, 6.07) is 16.6. The molecule has 1 N–H and O–H groups in total. The largest absolute Gasteiger partial charge is 0.491 e. The van der Waals surface area contributed by atoms with Gasteiger partial charge in [0.05, 0.1) is 18.7 Å². The smallest absolute Gasteiger partial charge is 0.232 e. The maximum absolute atomic E-state index is 9.99. The first-order valence-electron chi connectivity index (χ1n) is 10.2. The Morgan fingerprint density at radius 3 is 2.49 bits per heavy atom. The highest BCUT2D eigenvalue weighted by molar-refractivity contribution is 7.98. The topological polar surface area (TPSA) is 83.4 Å². The van der Waals surface area contributed by atoms with Crippen molar-refractivity contribution < 1.29 is 9.84 Å². The van der Waals surface area contributed by atoms with Gasteiger partial charge in [-0.3, -0.25) is 0 Å². The summed E-state index contributed by atoms with van der Waals surface area (Å²) in [7, 11) is 0. The Balaban J connectivity index is 1.63. The van der Waals surface area contributed by atoms with Crippen molar-refractivity contribution in [3.63, 3.8) is 0 Å². The molecule has 4 rings (SSSR count). The number of nitrogens with zero attached hydrogens (tertiary/aromatic N) is 4. The number of ether oxygens (including phenoxy) is 1. The van der Waals surface area contributed by atoms with Crippen LogP contribution in [-0.2, 0) is 5.75 Å².